The van der Waals surface area contributed by atoms with Gasteiger partial charge in [0.2, 0.25) is 5.78 Å². The SMILES string of the molecule is COC1=C(O)CC(C)(C)CC1=O. The van der Waals surface area contributed by atoms with Crippen LogP contribution in [0.5, 0.6) is 0 Å². The Bertz CT molecular complexity index is 238. The lowest BCUT2D eigenvalue weighted by atomic mass is 9.79. The summed E-state index contributed by atoms with van der Waals surface area (Å²) in [6.45, 7) is 3.90. The number of hydrogen-bond acceptors (Lipinski definition) is 3. The Kier molecular flexibility index (Phi) is 2.13. The molecule has 3 nitrogen and oxygen atoms in total. The molecule has 0 saturated carbocycles. The summed E-state index contributed by atoms with van der Waals surface area (Å²) in [4.78, 5) is 11.3. The van der Waals surface area contributed by atoms with Crippen molar-refractivity contribution in [2.45, 2.75) is 26.7 Å². The van der Waals surface area contributed by atoms with Gasteiger partial charge in [-0.2, -0.15) is 0 Å². The molecular formula is C9H14O3. The number of methoxy groups -OCH3 is 1. The highest BCUT2D eigenvalue weighted by Crippen LogP contribution is 2.35. The van der Waals surface area contributed by atoms with E-state index in [1.165, 1.54) is 7.11 Å². The second kappa shape index (κ2) is 2.81. The van der Waals surface area contributed by atoms with Crippen molar-refractivity contribution in [1.29, 1.82) is 0 Å². The minimum absolute atomic E-state index is 0.0822. The summed E-state index contributed by atoms with van der Waals surface area (Å²) in [5.41, 5.74) is -0.136. The van der Waals surface area contributed by atoms with Crippen LogP contribution in [0.25, 0.3) is 0 Å². The van der Waals surface area contributed by atoms with Gasteiger partial charge >= 0.3 is 0 Å². The Balaban J connectivity index is 2.95. The Morgan fingerprint density at radius 2 is 2.00 bits per heavy atom. The summed E-state index contributed by atoms with van der Waals surface area (Å²) < 4.78 is 4.79. The number of aliphatic hydroxyl groups excluding tert-OH is 1. The van der Waals surface area contributed by atoms with Crippen molar-refractivity contribution in [2.24, 2.45) is 5.41 Å². The molecule has 68 valence electrons. The average Bonchev–Trinajstić information content (AvgIpc) is 1.82. The average molecular weight is 170 g/mol. The van der Waals surface area contributed by atoms with Crippen LogP contribution in [-0.2, 0) is 9.53 Å². The molecule has 0 atom stereocenters. The van der Waals surface area contributed by atoms with Gasteiger partial charge in [-0.3, -0.25) is 4.79 Å². The maximum Gasteiger partial charge on any atom is 0.201 e. The summed E-state index contributed by atoms with van der Waals surface area (Å²) >= 11 is 0. The van der Waals surface area contributed by atoms with Crippen LogP contribution < -0.4 is 0 Å². The first-order valence-electron chi connectivity index (χ1n) is 3.95. The van der Waals surface area contributed by atoms with E-state index in [2.05, 4.69) is 0 Å². The number of aliphatic hydroxyl groups is 1. The minimum atomic E-state index is -0.136. The Labute approximate surface area is 72.0 Å². The lowest BCUT2D eigenvalue weighted by molar-refractivity contribution is -0.122. The molecule has 12 heavy (non-hydrogen) atoms. The number of allylic oxidation sites excluding steroid dienone is 2. The van der Waals surface area contributed by atoms with E-state index in [-0.39, 0.29) is 22.7 Å². The van der Waals surface area contributed by atoms with E-state index in [9.17, 15) is 9.90 Å². The van der Waals surface area contributed by atoms with Crippen LogP contribution in [0.3, 0.4) is 0 Å². The van der Waals surface area contributed by atoms with Gasteiger partial charge in [0.05, 0.1) is 7.11 Å². The second-order valence-electron chi connectivity index (χ2n) is 3.92. The van der Waals surface area contributed by atoms with Crippen molar-refractivity contribution in [2.75, 3.05) is 7.11 Å². The van der Waals surface area contributed by atoms with Crippen molar-refractivity contribution in [1.82, 2.24) is 0 Å². The van der Waals surface area contributed by atoms with E-state index >= 15 is 0 Å². The Hall–Kier alpha value is -0.990. The van der Waals surface area contributed by atoms with Gasteiger partial charge in [0, 0.05) is 12.8 Å². The quantitative estimate of drug-likeness (QED) is 0.652. The highest BCUT2D eigenvalue weighted by atomic mass is 16.5. The van der Waals surface area contributed by atoms with Crippen molar-refractivity contribution in [3.63, 3.8) is 0 Å². The number of carbonyl (C=O) groups excluding carboxylic acids is 1. The molecule has 0 aromatic rings. The summed E-state index contributed by atoms with van der Waals surface area (Å²) in [5.74, 6) is 0.110. The molecule has 0 aromatic carbocycles. The zero-order valence-electron chi connectivity index (χ0n) is 7.68. The molecule has 0 spiro atoms. The standard InChI is InChI=1S/C9H14O3/c1-9(2)4-6(10)8(12-3)7(11)5-9/h10H,4-5H2,1-3H3. The van der Waals surface area contributed by atoms with Crippen LogP contribution in [0.15, 0.2) is 11.5 Å². The van der Waals surface area contributed by atoms with Crippen LogP contribution in [0, 0.1) is 5.41 Å². The smallest absolute Gasteiger partial charge is 0.201 e. The first-order valence-corrected chi connectivity index (χ1v) is 3.95. The summed E-state index contributed by atoms with van der Waals surface area (Å²) in [6, 6.07) is 0. The lowest BCUT2D eigenvalue weighted by Crippen LogP contribution is -2.26. The van der Waals surface area contributed by atoms with E-state index in [0.717, 1.165) is 0 Å². The topological polar surface area (TPSA) is 46.5 Å². The van der Waals surface area contributed by atoms with Crippen molar-refractivity contribution in [3.8, 4) is 0 Å². The summed E-state index contributed by atoms with van der Waals surface area (Å²) in [7, 11) is 1.40. The molecule has 0 fully saturated rings. The van der Waals surface area contributed by atoms with Crippen LogP contribution >= 0.6 is 0 Å². The van der Waals surface area contributed by atoms with Crippen LogP contribution in [0.2, 0.25) is 0 Å². The van der Waals surface area contributed by atoms with Gasteiger partial charge in [0.1, 0.15) is 5.76 Å². The second-order valence-corrected chi connectivity index (χ2v) is 3.92. The normalized spacial score (nSPS) is 22.8. The number of carbonyl (C=O) groups is 1. The highest BCUT2D eigenvalue weighted by molar-refractivity contribution is 5.95. The predicted octanol–water partition coefficient (Wildman–Crippen LogP) is 1.79. The van der Waals surface area contributed by atoms with Gasteiger partial charge < -0.3 is 9.84 Å². The summed E-state index contributed by atoms with van der Waals surface area (Å²) in [6.07, 6.45) is 0.960. The number of ketones is 1. The molecule has 0 bridgehead atoms. The molecular weight excluding hydrogens is 156 g/mol. The third-order valence-electron chi connectivity index (χ3n) is 2.00. The van der Waals surface area contributed by atoms with Crippen LogP contribution in [-0.4, -0.2) is 18.0 Å². The van der Waals surface area contributed by atoms with E-state index < -0.39 is 0 Å². The van der Waals surface area contributed by atoms with Crippen LogP contribution in [0.4, 0.5) is 0 Å². The number of ether oxygens (including phenoxy) is 1. The maximum absolute atomic E-state index is 11.3. The van der Waals surface area contributed by atoms with Gasteiger partial charge in [-0.15, -0.1) is 0 Å². The summed E-state index contributed by atoms with van der Waals surface area (Å²) in [5, 5.41) is 9.41. The molecule has 0 unspecified atom stereocenters. The molecule has 1 aliphatic rings. The van der Waals surface area contributed by atoms with Crippen molar-refractivity contribution >= 4 is 5.78 Å². The van der Waals surface area contributed by atoms with Crippen LogP contribution in [0.1, 0.15) is 26.7 Å². The molecule has 0 radical (unpaired) electrons. The molecule has 0 amide bonds. The van der Waals surface area contributed by atoms with E-state index in [1.54, 1.807) is 0 Å². The number of rotatable bonds is 1. The molecule has 0 aliphatic heterocycles. The predicted molar refractivity (Wildman–Crippen MR) is 44.7 cm³/mol. The molecule has 0 saturated heterocycles. The number of hydrogen-bond donors (Lipinski definition) is 1. The number of Topliss-reactive ketones (excluding diaryl/α,β-unsaturated/α-hetero) is 1. The maximum atomic E-state index is 11.3. The van der Waals surface area contributed by atoms with Gasteiger partial charge in [0.25, 0.3) is 0 Å². The third-order valence-corrected chi connectivity index (χ3v) is 2.00. The zero-order chi connectivity index (χ0) is 9.35. The molecule has 0 aromatic heterocycles. The van der Waals surface area contributed by atoms with Crippen molar-refractivity contribution < 1.29 is 14.6 Å². The lowest BCUT2D eigenvalue weighted by Gasteiger charge is -2.28. The van der Waals surface area contributed by atoms with Gasteiger partial charge in [0.15, 0.2) is 5.76 Å². The molecule has 0 heterocycles. The zero-order valence-corrected chi connectivity index (χ0v) is 7.68. The van der Waals surface area contributed by atoms with E-state index in [4.69, 9.17) is 4.74 Å². The van der Waals surface area contributed by atoms with Crippen molar-refractivity contribution in [3.05, 3.63) is 11.5 Å². The molecule has 1 N–H and O–H groups in total. The first-order chi connectivity index (χ1) is 5.46. The fourth-order valence-corrected chi connectivity index (χ4v) is 1.50. The molecule has 1 aliphatic carbocycles. The van der Waals surface area contributed by atoms with E-state index in [1.807, 2.05) is 13.8 Å². The molecule has 1 rings (SSSR count). The van der Waals surface area contributed by atoms with E-state index in [0.29, 0.717) is 12.8 Å². The van der Waals surface area contributed by atoms with Gasteiger partial charge in [-0.1, -0.05) is 13.8 Å². The highest BCUT2D eigenvalue weighted by Gasteiger charge is 2.33. The largest absolute Gasteiger partial charge is 0.508 e. The Morgan fingerprint density at radius 1 is 1.42 bits per heavy atom. The third kappa shape index (κ3) is 1.60. The molecule has 3 heteroatoms. The monoisotopic (exact) mass is 170 g/mol. The fraction of sp³-hybridized carbons (Fsp3) is 0.667. The first kappa shape index (κ1) is 9.10. The van der Waals surface area contributed by atoms with Gasteiger partial charge in [-0.25, -0.2) is 0 Å². The fourth-order valence-electron chi connectivity index (χ4n) is 1.50. The van der Waals surface area contributed by atoms with Gasteiger partial charge in [-0.05, 0) is 5.41 Å². The minimum Gasteiger partial charge on any atom is -0.508 e. The Morgan fingerprint density at radius 3 is 2.42 bits per heavy atom.